The van der Waals surface area contributed by atoms with Crippen molar-refractivity contribution in [3.05, 3.63) is 35.4 Å². The van der Waals surface area contributed by atoms with E-state index >= 15 is 0 Å². The van der Waals surface area contributed by atoms with Crippen LogP contribution in [-0.2, 0) is 9.53 Å². The van der Waals surface area contributed by atoms with Gasteiger partial charge >= 0.3 is 12.1 Å². The first kappa shape index (κ1) is 14.8. The molecule has 0 saturated carbocycles. The summed E-state index contributed by atoms with van der Waals surface area (Å²) >= 11 is 0. The molecular formula is C13H9F3O3. The predicted molar refractivity (Wildman–Crippen MR) is 60.3 cm³/mol. The fraction of sp³-hybridized carbons (Fsp3) is 0.231. The van der Waals surface area contributed by atoms with Gasteiger partial charge < -0.3 is 4.74 Å². The summed E-state index contributed by atoms with van der Waals surface area (Å²) in [6.07, 6.45) is -4.90. The van der Waals surface area contributed by atoms with Gasteiger partial charge in [0.2, 0.25) is 0 Å². The number of rotatable bonds is 2. The Morgan fingerprint density at radius 2 is 1.79 bits per heavy atom. The molecule has 0 amide bonds. The third-order valence-corrected chi connectivity index (χ3v) is 1.99. The molecule has 0 N–H and O–H groups in total. The number of halogens is 3. The smallest absolute Gasteiger partial charge is 0.454 e. The van der Waals surface area contributed by atoms with Crippen LogP contribution in [0.2, 0.25) is 0 Å². The zero-order valence-electron chi connectivity index (χ0n) is 9.88. The molecule has 6 heteroatoms. The van der Waals surface area contributed by atoms with E-state index < -0.39 is 23.5 Å². The van der Waals surface area contributed by atoms with Gasteiger partial charge in [-0.05, 0) is 31.2 Å². The largest absolute Gasteiger partial charge is 0.456 e. The number of carbonyl (C=O) groups is 2. The average molecular weight is 270 g/mol. The summed E-state index contributed by atoms with van der Waals surface area (Å²) in [6.45, 7) is 1.81. The predicted octanol–water partition coefficient (Wildman–Crippen LogP) is 2.35. The molecule has 0 fully saturated rings. The summed E-state index contributed by atoms with van der Waals surface area (Å²) in [5.74, 6) is 1.93. The topological polar surface area (TPSA) is 43.4 Å². The monoisotopic (exact) mass is 270 g/mol. The van der Waals surface area contributed by atoms with Gasteiger partial charge in [-0.25, -0.2) is 4.79 Å². The van der Waals surface area contributed by atoms with Crippen molar-refractivity contribution >= 4 is 11.8 Å². The quantitative estimate of drug-likeness (QED) is 0.470. The molecule has 1 aromatic carbocycles. The minimum absolute atomic E-state index is 0.187. The number of hydrogen-bond donors (Lipinski definition) is 0. The summed E-state index contributed by atoms with van der Waals surface area (Å²) < 4.78 is 41.0. The van der Waals surface area contributed by atoms with E-state index in [9.17, 15) is 22.8 Å². The average Bonchev–Trinajstić information content (AvgIpc) is 2.35. The molecule has 0 aliphatic carbocycles. The van der Waals surface area contributed by atoms with Crippen LogP contribution in [0.5, 0.6) is 0 Å². The highest BCUT2D eigenvalue weighted by atomic mass is 19.4. The highest BCUT2D eigenvalue weighted by molar-refractivity contribution is 6.00. The molecule has 0 heterocycles. The van der Waals surface area contributed by atoms with Gasteiger partial charge in [0.1, 0.15) is 0 Å². The number of benzene rings is 1. The maximum Gasteiger partial charge on any atom is 0.454 e. The summed E-state index contributed by atoms with van der Waals surface area (Å²) in [5, 5.41) is 0. The number of carbonyl (C=O) groups excluding carboxylic acids is 2. The molecule has 19 heavy (non-hydrogen) atoms. The molecule has 3 nitrogen and oxygen atoms in total. The lowest BCUT2D eigenvalue weighted by Gasteiger charge is -2.04. The van der Waals surface area contributed by atoms with Crippen molar-refractivity contribution < 1.29 is 27.5 Å². The maximum atomic E-state index is 12.1. The molecule has 0 saturated heterocycles. The van der Waals surface area contributed by atoms with Gasteiger partial charge in [-0.15, -0.1) is 0 Å². The Labute approximate surface area is 107 Å². The molecule has 0 radical (unpaired) electrons. The van der Waals surface area contributed by atoms with E-state index in [1.807, 2.05) is 0 Å². The molecule has 0 spiro atoms. The summed E-state index contributed by atoms with van der Waals surface area (Å²) in [4.78, 5) is 21.8. The van der Waals surface area contributed by atoms with Gasteiger partial charge in [0.05, 0.1) is 6.61 Å². The Morgan fingerprint density at radius 1 is 1.21 bits per heavy atom. The lowest BCUT2D eigenvalue weighted by Crippen LogP contribution is -2.22. The van der Waals surface area contributed by atoms with Crippen molar-refractivity contribution in [2.24, 2.45) is 0 Å². The van der Waals surface area contributed by atoms with Gasteiger partial charge in [-0.2, -0.15) is 13.2 Å². The Morgan fingerprint density at radius 3 is 2.26 bits per heavy atom. The number of hydrogen-bond acceptors (Lipinski definition) is 3. The third kappa shape index (κ3) is 4.47. The number of ether oxygens (including phenoxy) is 1. The molecule has 0 unspecified atom stereocenters. The van der Waals surface area contributed by atoms with E-state index in [0.717, 1.165) is 12.1 Å². The number of esters is 1. The molecule has 0 aromatic heterocycles. The van der Waals surface area contributed by atoms with Crippen LogP contribution in [0.25, 0.3) is 0 Å². The molecule has 0 atom stereocenters. The minimum Gasteiger partial charge on any atom is -0.456 e. The van der Waals surface area contributed by atoms with Crippen molar-refractivity contribution in [3.8, 4) is 11.8 Å². The normalized spacial score (nSPS) is 10.3. The SMILES string of the molecule is CCOC(=O)C#Cc1ccc(C(=O)C(F)(F)F)cc1. The Hall–Kier alpha value is -2.29. The minimum atomic E-state index is -4.90. The molecule has 1 rings (SSSR count). The van der Waals surface area contributed by atoms with Crippen LogP contribution in [0.15, 0.2) is 24.3 Å². The Bertz CT molecular complexity index is 533. The molecular weight excluding hydrogens is 261 g/mol. The molecule has 0 bridgehead atoms. The zero-order valence-corrected chi connectivity index (χ0v) is 9.88. The van der Waals surface area contributed by atoms with E-state index in [2.05, 4.69) is 16.6 Å². The van der Waals surface area contributed by atoms with E-state index in [0.29, 0.717) is 5.56 Å². The number of alkyl halides is 3. The summed E-state index contributed by atoms with van der Waals surface area (Å²) in [6, 6.07) is 4.46. The summed E-state index contributed by atoms with van der Waals surface area (Å²) in [5.41, 5.74) is -0.166. The first-order valence-corrected chi connectivity index (χ1v) is 5.25. The van der Waals surface area contributed by atoms with Crippen LogP contribution in [0.1, 0.15) is 22.8 Å². The van der Waals surface area contributed by atoms with Crippen LogP contribution in [0, 0.1) is 11.8 Å². The van der Waals surface area contributed by atoms with Crippen LogP contribution in [-0.4, -0.2) is 24.5 Å². The number of ketones is 1. The Balaban J connectivity index is 2.83. The van der Waals surface area contributed by atoms with Crippen molar-refractivity contribution in [3.63, 3.8) is 0 Å². The number of Topliss-reactive ketones (excluding diaryl/α,β-unsaturated/α-hetero) is 1. The van der Waals surface area contributed by atoms with Crippen molar-refractivity contribution in [1.82, 2.24) is 0 Å². The van der Waals surface area contributed by atoms with Crippen molar-refractivity contribution in [2.75, 3.05) is 6.61 Å². The van der Waals surface area contributed by atoms with Crippen molar-refractivity contribution in [2.45, 2.75) is 13.1 Å². The maximum absolute atomic E-state index is 12.1. The van der Waals surface area contributed by atoms with E-state index in [1.165, 1.54) is 12.1 Å². The lowest BCUT2D eigenvalue weighted by molar-refractivity contribution is -0.136. The van der Waals surface area contributed by atoms with E-state index in [1.54, 1.807) is 6.92 Å². The second-order valence-electron chi connectivity index (χ2n) is 3.37. The second-order valence-corrected chi connectivity index (χ2v) is 3.37. The van der Waals surface area contributed by atoms with E-state index in [-0.39, 0.29) is 6.61 Å². The first-order chi connectivity index (χ1) is 8.84. The van der Waals surface area contributed by atoms with Crippen LogP contribution in [0.3, 0.4) is 0 Å². The zero-order chi connectivity index (χ0) is 14.5. The Kier molecular flexibility index (Phi) is 4.70. The molecule has 0 aliphatic rings. The molecule has 0 aliphatic heterocycles. The van der Waals surface area contributed by atoms with Gasteiger partial charge in [-0.1, -0.05) is 5.92 Å². The van der Waals surface area contributed by atoms with Crippen molar-refractivity contribution in [1.29, 1.82) is 0 Å². The molecule has 1 aromatic rings. The van der Waals surface area contributed by atoms with Gasteiger partial charge in [0, 0.05) is 17.0 Å². The van der Waals surface area contributed by atoms with E-state index in [4.69, 9.17) is 0 Å². The van der Waals surface area contributed by atoms with Crippen LogP contribution < -0.4 is 0 Å². The molecule has 100 valence electrons. The van der Waals surface area contributed by atoms with Gasteiger partial charge in [-0.3, -0.25) is 4.79 Å². The fourth-order valence-corrected chi connectivity index (χ4v) is 1.16. The highest BCUT2D eigenvalue weighted by Crippen LogP contribution is 2.21. The van der Waals surface area contributed by atoms with Crippen LogP contribution in [0.4, 0.5) is 13.2 Å². The first-order valence-electron chi connectivity index (χ1n) is 5.25. The third-order valence-electron chi connectivity index (χ3n) is 1.99. The second kappa shape index (κ2) is 6.05. The lowest BCUT2D eigenvalue weighted by atomic mass is 10.1. The van der Waals surface area contributed by atoms with Gasteiger partial charge in [0.25, 0.3) is 5.78 Å². The highest BCUT2D eigenvalue weighted by Gasteiger charge is 2.39. The van der Waals surface area contributed by atoms with Gasteiger partial charge in [0.15, 0.2) is 0 Å². The van der Waals surface area contributed by atoms with Crippen LogP contribution >= 0.6 is 0 Å². The summed E-state index contributed by atoms with van der Waals surface area (Å²) in [7, 11) is 0. The fourth-order valence-electron chi connectivity index (χ4n) is 1.16. The standard InChI is InChI=1S/C13H9F3O3/c1-2-19-11(17)8-5-9-3-6-10(7-4-9)12(18)13(14,15)16/h3-4,6-7H,2H2,1H3.